The van der Waals surface area contributed by atoms with E-state index in [9.17, 15) is 5.11 Å². The molecular weight excluding hydrogens is 298 g/mol. The van der Waals surface area contributed by atoms with E-state index >= 15 is 0 Å². The van der Waals surface area contributed by atoms with Crippen molar-refractivity contribution in [2.45, 2.75) is 19.1 Å². The molecular formula is C13H20BrNO3. The molecule has 0 aromatic heterocycles. The lowest BCUT2D eigenvalue weighted by molar-refractivity contribution is 0.0322. The van der Waals surface area contributed by atoms with E-state index in [1.165, 1.54) is 0 Å². The van der Waals surface area contributed by atoms with E-state index < -0.39 is 6.10 Å². The largest absolute Gasteiger partial charge is 0.490 e. The molecule has 1 rings (SSSR count). The summed E-state index contributed by atoms with van der Waals surface area (Å²) in [6, 6.07) is 6.01. The third-order valence-corrected chi connectivity index (χ3v) is 3.15. The number of rotatable bonds is 7. The maximum absolute atomic E-state index is 9.58. The summed E-state index contributed by atoms with van der Waals surface area (Å²) in [4.78, 5) is 0. The van der Waals surface area contributed by atoms with E-state index in [1.807, 2.05) is 25.2 Å². The van der Waals surface area contributed by atoms with Gasteiger partial charge in [-0.15, -0.1) is 0 Å². The minimum atomic E-state index is -0.614. The molecule has 0 spiro atoms. The van der Waals surface area contributed by atoms with Gasteiger partial charge in [0, 0.05) is 23.2 Å². The van der Waals surface area contributed by atoms with Crippen LogP contribution in [0.4, 0.5) is 0 Å². The van der Waals surface area contributed by atoms with Crippen LogP contribution >= 0.6 is 15.9 Å². The topological polar surface area (TPSA) is 50.7 Å². The third-order valence-electron chi connectivity index (χ3n) is 2.66. The third kappa shape index (κ3) is 4.57. The second-order valence-electron chi connectivity index (χ2n) is 4.11. The van der Waals surface area contributed by atoms with Gasteiger partial charge in [0.15, 0.2) is 0 Å². The Morgan fingerprint density at radius 3 is 2.72 bits per heavy atom. The van der Waals surface area contributed by atoms with Crippen molar-refractivity contribution in [3.05, 3.63) is 28.2 Å². The summed E-state index contributed by atoms with van der Waals surface area (Å²) < 4.78 is 11.5. The van der Waals surface area contributed by atoms with Crippen molar-refractivity contribution in [1.82, 2.24) is 5.32 Å². The number of nitrogens with one attached hydrogen (secondary N) is 1. The Balaban J connectivity index is 2.75. The summed E-state index contributed by atoms with van der Waals surface area (Å²) in [5.41, 5.74) is 1.05. The molecule has 0 fully saturated rings. The summed E-state index contributed by atoms with van der Waals surface area (Å²) in [5.74, 6) is 0.773. The second-order valence-corrected chi connectivity index (χ2v) is 5.03. The van der Waals surface area contributed by atoms with Crippen LogP contribution in [0.5, 0.6) is 5.75 Å². The minimum Gasteiger partial charge on any atom is -0.490 e. The Labute approximate surface area is 116 Å². The summed E-state index contributed by atoms with van der Waals surface area (Å²) in [6.45, 7) is 2.55. The smallest absolute Gasteiger partial charge is 0.124 e. The summed E-state index contributed by atoms with van der Waals surface area (Å²) in [7, 11) is 3.45. The standard InChI is InChI=1S/C13H20BrNO3/c1-9(15-2)12-6-10(14)4-5-13(12)18-8-11(16)7-17-3/h4-6,9,11,15-16H,7-8H2,1-3H3. The quantitative estimate of drug-likeness (QED) is 0.808. The normalized spacial score (nSPS) is 14.3. The molecule has 0 aliphatic carbocycles. The molecule has 5 heteroatoms. The van der Waals surface area contributed by atoms with Crippen molar-refractivity contribution in [2.24, 2.45) is 0 Å². The van der Waals surface area contributed by atoms with Gasteiger partial charge >= 0.3 is 0 Å². The van der Waals surface area contributed by atoms with Gasteiger partial charge in [0.1, 0.15) is 18.5 Å². The maximum atomic E-state index is 9.58. The number of methoxy groups -OCH3 is 1. The van der Waals surface area contributed by atoms with Crippen LogP contribution in [0.15, 0.2) is 22.7 Å². The fourth-order valence-corrected chi connectivity index (χ4v) is 1.95. The van der Waals surface area contributed by atoms with Gasteiger partial charge in [0.05, 0.1) is 6.61 Å². The Bertz CT molecular complexity index is 373. The fraction of sp³-hybridized carbons (Fsp3) is 0.538. The van der Waals surface area contributed by atoms with E-state index in [2.05, 4.69) is 28.2 Å². The Morgan fingerprint density at radius 2 is 2.11 bits per heavy atom. The monoisotopic (exact) mass is 317 g/mol. The Kier molecular flexibility index (Phi) is 6.63. The Hall–Kier alpha value is -0.620. The maximum Gasteiger partial charge on any atom is 0.124 e. The Morgan fingerprint density at radius 1 is 1.39 bits per heavy atom. The highest BCUT2D eigenvalue weighted by molar-refractivity contribution is 9.10. The SMILES string of the molecule is CNC(C)c1cc(Br)ccc1OCC(O)COC. The number of halogens is 1. The zero-order chi connectivity index (χ0) is 13.5. The van der Waals surface area contributed by atoms with Crippen LogP contribution in [0.25, 0.3) is 0 Å². The first-order valence-corrected chi connectivity index (χ1v) is 6.64. The van der Waals surface area contributed by atoms with Crippen LogP contribution in [0.3, 0.4) is 0 Å². The van der Waals surface area contributed by atoms with Crippen molar-refractivity contribution in [3.8, 4) is 5.75 Å². The van der Waals surface area contributed by atoms with Crippen LogP contribution in [0, 0.1) is 0 Å². The van der Waals surface area contributed by atoms with E-state index in [0.29, 0.717) is 0 Å². The average molecular weight is 318 g/mol. The van der Waals surface area contributed by atoms with E-state index in [4.69, 9.17) is 9.47 Å². The molecule has 2 unspecified atom stereocenters. The first-order valence-electron chi connectivity index (χ1n) is 5.85. The molecule has 18 heavy (non-hydrogen) atoms. The molecule has 1 aromatic rings. The van der Waals surface area contributed by atoms with E-state index in [1.54, 1.807) is 7.11 Å². The average Bonchev–Trinajstić information content (AvgIpc) is 2.36. The highest BCUT2D eigenvalue weighted by Crippen LogP contribution is 2.28. The molecule has 1 aromatic carbocycles. The lowest BCUT2D eigenvalue weighted by Crippen LogP contribution is -2.23. The zero-order valence-electron chi connectivity index (χ0n) is 10.9. The number of hydrogen-bond donors (Lipinski definition) is 2. The van der Waals surface area contributed by atoms with Crippen LogP contribution in [0.1, 0.15) is 18.5 Å². The molecule has 0 heterocycles. The van der Waals surface area contributed by atoms with Gasteiger partial charge in [-0.1, -0.05) is 15.9 Å². The molecule has 0 saturated carbocycles. The zero-order valence-corrected chi connectivity index (χ0v) is 12.5. The summed E-state index contributed by atoms with van der Waals surface area (Å²) >= 11 is 3.45. The highest BCUT2D eigenvalue weighted by Gasteiger charge is 2.12. The number of benzene rings is 1. The number of aliphatic hydroxyl groups excluding tert-OH is 1. The highest BCUT2D eigenvalue weighted by atomic mass is 79.9. The van der Waals surface area contributed by atoms with Gasteiger partial charge in [0.2, 0.25) is 0 Å². The van der Waals surface area contributed by atoms with Crippen molar-refractivity contribution in [3.63, 3.8) is 0 Å². The molecule has 4 nitrogen and oxygen atoms in total. The van der Waals surface area contributed by atoms with Crippen LogP contribution in [0.2, 0.25) is 0 Å². The van der Waals surface area contributed by atoms with Gasteiger partial charge in [-0.25, -0.2) is 0 Å². The van der Waals surface area contributed by atoms with Crippen molar-refractivity contribution in [2.75, 3.05) is 27.4 Å². The fourth-order valence-electron chi connectivity index (χ4n) is 1.57. The lowest BCUT2D eigenvalue weighted by atomic mass is 10.1. The van der Waals surface area contributed by atoms with Crippen LogP contribution < -0.4 is 10.1 Å². The van der Waals surface area contributed by atoms with E-state index in [0.717, 1.165) is 15.8 Å². The van der Waals surface area contributed by atoms with Gasteiger partial charge in [-0.05, 0) is 32.2 Å². The predicted octanol–water partition coefficient (Wildman–Crippen LogP) is 2.12. The number of aliphatic hydroxyl groups is 1. The van der Waals surface area contributed by atoms with Gasteiger partial charge in [0.25, 0.3) is 0 Å². The first-order chi connectivity index (χ1) is 8.58. The predicted molar refractivity (Wildman–Crippen MR) is 75.0 cm³/mol. The molecule has 2 atom stereocenters. The van der Waals surface area contributed by atoms with Gasteiger partial charge in [-0.3, -0.25) is 0 Å². The number of hydrogen-bond acceptors (Lipinski definition) is 4. The molecule has 0 aliphatic rings. The van der Waals surface area contributed by atoms with Crippen molar-refractivity contribution >= 4 is 15.9 Å². The molecule has 0 aliphatic heterocycles. The summed E-state index contributed by atoms with van der Waals surface area (Å²) in [6.07, 6.45) is -0.614. The molecule has 0 radical (unpaired) electrons. The van der Waals surface area contributed by atoms with Gasteiger partial charge < -0.3 is 19.9 Å². The molecule has 0 amide bonds. The van der Waals surface area contributed by atoms with Gasteiger partial charge in [-0.2, -0.15) is 0 Å². The minimum absolute atomic E-state index is 0.178. The molecule has 2 N–H and O–H groups in total. The lowest BCUT2D eigenvalue weighted by Gasteiger charge is -2.18. The number of ether oxygens (including phenoxy) is 2. The summed E-state index contributed by atoms with van der Waals surface area (Å²) in [5, 5.41) is 12.8. The second kappa shape index (κ2) is 7.74. The van der Waals surface area contributed by atoms with Crippen LogP contribution in [-0.2, 0) is 4.74 Å². The molecule has 0 bridgehead atoms. The molecule has 102 valence electrons. The van der Waals surface area contributed by atoms with Crippen molar-refractivity contribution in [1.29, 1.82) is 0 Å². The molecule has 0 saturated heterocycles. The van der Waals surface area contributed by atoms with Crippen LogP contribution in [-0.4, -0.2) is 38.6 Å². The van der Waals surface area contributed by atoms with Crippen molar-refractivity contribution < 1.29 is 14.6 Å². The first kappa shape index (κ1) is 15.4. The van der Waals surface area contributed by atoms with E-state index in [-0.39, 0.29) is 19.3 Å².